The molecule has 0 unspecified atom stereocenters. The topological polar surface area (TPSA) is 12.9 Å². The molecule has 2 heteroatoms. The fourth-order valence-electron chi connectivity index (χ4n) is 3.28. The summed E-state index contributed by atoms with van der Waals surface area (Å²) in [7, 11) is 0. The molecule has 0 atom stereocenters. The predicted octanol–water partition coefficient (Wildman–Crippen LogP) is 6.35. The normalized spacial score (nSPS) is 10.4. The smallest absolute Gasteiger partial charge is 0.366 e. The Morgan fingerprint density at radius 2 is 0.971 bits per heavy atom. The summed E-state index contributed by atoms with van der Waals surface area (Å²) in [6.45, 7) is 12.8. The molecule has 3 rings (SSSR count). The number of benzene rings is 2. The van der Waals surface area contributed by atoms with Crippen molar-refractivity contribution in [2.75, 3.05) is 0 Å². The van der Waals surface area contributed by atoms with Crippen LogP contribution < -0.4 is 0 Å². The van der Waals surface area contributed by atoms with Crippen LogP contribution in [0.3, 0.4) is 0 Å². The molecule has 0 saturated heterocycles. The van der Waals surface area contributed by atoms with E-state index in [0.717, 1.165) is 22.3 Å². The molecule has 1 aromatic heterocycles. The summed E-state index contributed by atoms with van der Waals surface area (Å²) in [5.41, 5.74) is 6.30. The Kier molecular flexibility index (Phi) is 8.96. The van der Waals surface area contributed by atoms with Crippen molar-refractivity contribution >= 4 is 0 Å². The van der Waals surface area contributed by atoms with E-state index in [4.69, 9.17) is 12.8 Å². The largest absolute Gasteiger partial charge is 2.00 e. The van der Waals surface area contributed by atoms with Crippen LogP contribution in [0.4, 0.5) is 0 Å². The van der Waals surface area contributed by atoms with Gasteiger partial charge >= 0.3 is 21.1 Å². The van der Waals surface area contributed by atoms with Gasteiger partial charge < -0.3 is 12.8 Å². The zero-order valence-corrected chi connectivity index (χ0v) is 23.2. The maximum Gasteiger partial charge on any atom is 2.00 e. The maximum atomic E-state index is 7.65. The Morgan fingerprint density at radius 3 is 1.31 bits per heavy atom. The molecule has 1 nitrogen and oxygen atoms in total. The van der Waals surface area contributed by atoms with Gasteiger partial charge in [-0.1, -0.05) is 94.8 Å². The van der Waals surface area contributed by atoms with Gasteiger partial charge in [-0.15, -0.1) is 23.3 Å². The first-order valence-corrected chi connectivity index (χ1v) is 11.2. The molecule has 0 saturated carbocycles. The van der Waals surface area contributed by atoms with Gasteiger partial charge in [-0.25, -0.2) is 4.98 Å². The van der Waals surface area contributed by atoms with Gasteiger partial charge in [0.2, 0.25) is 0 Å². The van der Waals surface area contributed by atoms with Gasteiger partial charge in [0.05, 0.1) is 0 Å². The van der Waals surface area contributed by atoms with Crippen molar-refractivity contribution in [3.63, 3.8) is 0 Å². The summed E-state index contributed by atoms with van der Waals surface area (Å²) >= 11 is 0. The van der Waals surface area contributed by atoms with E-state index in [1.165, 1.54) is 0 Å². The third-order valence-electron chi connectivity index (χ3n) is 5.44. The van der Waals surface area contributed by atoms with E-state index in [1.54, 1.807) is 0 Å². The number of nitrogens with zero attached hydrogens (tertiary/aromatic N) is 1. The summed E-state index contributed by atoms with van der Waals surface area (Å²) < 4.78 is 0. The Bertz CT molecular complexity index is 1330. The molecule has 2 aromatic carbocycles. The van der Waals surface area contributed by atoms with Crippen molar-refractivity contribution in [1.29, 1.82) is 0 Å². The van der Waals surface area contributed by atoms with E-state index in [0.29, 0.717) is 22.5 Å². The van der Waals surface area contributed by atoms with E-state index < -0.39 is 0 Å². The maximum absolute atomic E-state index is 7.65. The first-order chi connectivity index (χ1) is 16.0. The molecule has 0 spiro atoms. The molecule has 0 radical (unpaired) electrons. The van der Waals surface area contributed by atoms with Crippen LogP contribution >= 0.6 is 0 Å². The molecule has 0 bridgehead atoms. The molecule has 0 fully saturated rings. The quantitative estimate of drug-likeness (QED) is 0.208. The average Bonchev–Trinajstić information content (AvgIpc) is 2.80. The Balaban J connectivity index is 0.00000432. The van der Waals surface area contributed by atoms with E-state index in [9.17, 15) is 0 Å². The van der Waals surface area contributed by atoms with Gasteiger partial charge in [0.15, 0.2) is 0 Å². The third-order valence-corrected chi connectivity index (χ3v) is 5.44. The molecular weight excluding hydrogens is 605 g/mol. The van der Waals surface area contributed by atoms with Crippen molar-refractivity contribution in [3.05, 3.63) is 112 Å². The Labute approximate surface area is 225 Å². The number of rotatable bonds is 0. The molecule has 0 aliphatic heterocycles. The van der Waals surface area contributed by atoms with Crippen LogP contribution in [0.2, 0.25) is 0 Å². The van der Waals surface area contributed by atoms with Crippen molar-refractivity contribution in [2.45, 2.75) is 52.4 Å². The zero-order valence-electron chi connectivity index (χ0n) is 21.0. The molecule has 3 aromatic rings. The molecule has 0 N–H and O–H groups in total. The molecule has 174 valence electrons. The minimum absolute atomic E-state index is 0. The summed E-state index contributed by atoms with van der Waals surface area (Å²) in [4.78, 5) is 4.55. The van der Waals surface area contributed by atoms with E-state index in [1.807, 2.05) is 54.6 Å². The predicted molar refractivity (Wildman–Crippen MR) is 139 cm³/mol. The number of pyridine rings is 1. The molecule has 1 heterocycles. The number of aromatic nitrogens is 1. The van der Waals surface area contributed by atoms with Crippen LogP contribution in [0.5, 0.6) is 0 Å². The molecule has 0 aliphatic rings. The molecule has 0 aliphatic carbocycles. The Hall–Kier alpha value is -3.48. The monoisotopic (exact) mass is 632 g/mol. The number of hydrogen-bond acceptors (Lipinski definition) is 1. The molecule has 35 heavy (non-hydrogen) atoms. The average molecular weight is 633 g/mol. The Morgan fingerprint density at radius 1 is 0.571 bits per heavy atom. The zero-order chi connectivity index (χ0) is 24.9. The fraction of sp³-hybridized carbons (Fsp3) is 0.242. The van der Waals surface area contributed by atoms with Crippen molar-refractivity contribution in [1.82, 2.24) is 4.98 Å². The molecular formula is C33H27NPt. The summed E-state index contributed by atoms with van der Waals surface area (Å²) in [5, 5.41) is 0. The standard InChI is InChI=1S/C33H27N.Pt/c1-9-24-22-28(32(3,4)5)18-14-26(24)16-20-30-12-11-13-31(34-30)21-17-27-15-19-29(33(6,7)8)23-25(27)10-2;/h11-15,18-19,22-23H,3-8H3;/q-2;+2. The van der Waals surface area contributed by atoms with E-state index >= 15 is 0 Å². The minimum atomic E-state index is -0.00543. The first-order valence-electron chi connectivity index (χ1n) is 11.2. The van der Waals surface area contributed by atoms with Crippen LogP contribution in [-0.4, -0.2) is 4.98 Å². The van der Waals surface area contributed by atoms with E-state index in [2.05, 4.69) is 82.0 Å². The second-order valence-corrected chi connectivity index (χ2v) is 10.2. The van der Waals surface area contributed by atoms with Crippen LogP contribution in [0.1, 0.15) is 86.3 Å². The summed E-state index contributed by atoms with van der Waals surface area (Å²) in [6, 6.07) is 17.4. The van der Waals surface area contributed by atoms with Gasteiger partial charge in [0.1, 0.15) is 11.4 Å². The summed E-state index contributed by atoms with van der Waals surface area (Å²) in [6.07, 6.45) is 15.3. The van der Waals surface area contributed by atoms with Gasteiger partial charge in [-0.3, -0.25) is 11.8 Å². The second-order valence-electron chi connectivity index (χ2n) is 10.2. The fourth-order valence-corrected chi connectivity index (χ4v) is 3.28. The van der Waals surface area contributed by atoms with Gasteiger partial charge in [-0.2, -0.15) is 0 Å². The van der Waals surface area contributed by atoms with Crippen molar-refractivity contribution in [3.8, 4) is 35.5 Å². The van der Waals surface area contributed by atoms with E-state index in [-0.39, 0.29) is 31.9 Å². The van der Waals surface area contributed by atoms with Gasteiger partial charge in [0.25, 0.3) is 0 Å². The van der Waals surface area contributed by atoms with Crippen molar-refractivity contribution < 1.29 is 21.1 Å². The minimum Gasteiger partial charge on any atom is -0.366 e. The summed E-state index contributed by atoms with van der Waals surface area (Å²) in [5.74, 6) is 17.4. The number of hydrogen-bond donors (Lipinski definition) is 0. The molecule has 0 amide bonds. The van der Waals surface area contributed by atoms with Crippen LogP contribution in [0, 0.1) is 48.4 Å². The van der Waals surface area contributed by atoms with Crippen LogP contribution in [0.15, 0.2) is 54.6 Å². The first kappa shape index (κ1) is 27.8. The van der Waals surface area contributed by atoms with Crippen LogP contribution in [0.25, 0.3) is 0 Å². The SMILES string of the molecule is [C-]#Cc1cc(C(C)(C)C)ccc1C#Cc1cccc(C#Cc2ccc(C(C)(C)C)cc2C#[C-])n1.[Pt+2]. The van der Waals surface area contributed by atoms with Crippen molar-refractivity contribution in [2.24, 2.45) is 0 Å². The van der Waals surface area contributed by atoms with Crippen LogP contribution in [-0.2, 0) is 31.9 Å². The second kappa shape index (κ2) is 11.3. The van der Waals surface area contributed by atoms with Gasteiger partial charge in [-0.05, 0) is 45.9 Å². The third kappa shape index (κ3) is 7.25. The van der Waals surface area contributed by atoms with Gasteiger partial charge in [0, 0.05) is 0 Å².